The molecule has 0 radical (unpaired) electrons. The Morgan fingerprint density at radius 2 is 1.75 bits per heavy atom. The average Bonchev–Trinajstić information content (AvgIpc) is 2.78. The fraction of sp³-hybridized carbons (Fsp3) is 0.0417. The third-order valence-corrected chi connectivity index (χ3v) is 4.59. The zero-order valence-corrected chi connectivity index (χ0v) is 17.3. The Balaban J connectivity index is 1.79. The normalized spacial score (nSPS) is 10.8. The average molecular weight is 449 g/mol. The third kappa shape index (κ3) is 5.88. The number of nitrogens with zero attached hydrogens (tertiary/aromatic N) is 1. The molecule has 8 heteroatoms. The van der Waals surface area contributed by atoms with Gasteiger partial charge in [-0.15, -0.1) is 0 Å². The van der Waals surface area contributed by atoms with E-state index in [1.54, 1.807) is 30.3 Å². The van der Waals surface area contributed by atoms with Crippen LogP contribution >= 0.6 is 11.6 Å². The first kappa shape index (κ1) is 22.4. The van der Waals surface area contributed by atoms with Gasteiger partial charge < -0.3 is 20.3 Å². The Labute approximate surface area is 188 Å². The number of carboxylic acids is 1. The molecule has 0 fully saturated rings. The summed E-state index contributed by atoms with van der Waals surface area (Å²) in [5.74, 6) is -1.20. The van der Waals surface area contributed by atoms with Crippen LogP contribution in [-0.2, 0) is 11.4 Å². The van der Waals surface area contributed by atoms with Crippen molar-refractivity contribution in [3.05, 3.63) is 94.0 Å². The summed E-state index contributed by atoms with van der Waals surface area (Å²) in [6.07, 6.45) is 1.37. The number of ether oxygens (including phenoxy) is 1. The van der Waals surface area contributed by atoms with Gasteiger partial charge in [-0.1, -0.05) is 23.7 Å². The van der Waals surface area contributed by atoms with Crippen LogP contribution in [0.1, 0.15) is 21.5 Å². The highest BCUT2D eigenvalue weighted by molar-refractivity contribution is 6.30. The van der Waals surface area contributed by atoms with Gasteiger partial charge >= 0.3 is 5.97 Å². The lowest BCUT2D eigenvalue weighted by molar-refractivity contribution is -0.112. The number of aromatic carboxylic acids is 1. The van der Waals surface area contributed by atoms with Crippen molar-refractivity contribution in [1.82, 2.24) is 0 Å². The molecule has 0 aromatic heterocycles. The number of rotatable bonds is 7. The summed E-state index contributed by atoms with van der Waals surface area (Å²) in [6.45, 7) is 0.143. The standard InChI is InChI=1S/C24H17ClN2O5/c25-19-5-10-22(32-14-15-1-3-16(4-2-15)24(30)31)17(12-19)11-18(13-26)23(29)27-20-6-8-21(28)9-7-20/h1-12,28H,14H2,(H,27,29)(H,30,31). The van der Waals surface area contributed by atoms with Crippen LogP contribution in [0.15, 0.2) is 72.3 Å². The summed E-state index contributed by atoms with van der Waals surface area (Å²) < 4.78 is 5.82. The highest BCUT2D eigenvalue weighted by Crippen LogP contribution is 2.27. The van der Waals surface area contributed by atoms with Gasteiger partial charge in [0, 0.05) is 16.3 Å². The van der Waals surface area contributed by atoms with Gasteiger partial charge in [-0.2, -0.15) is 5.26 Å². The van der Waals surface area contributed by atoms with E-state index in [9.17, 15) is 20.0 Å². The van der Waals surface area contributed by atoms with E-state index in [4.69, 9.17) is 21.4 Å². The van der Waals surface area contributed by atoms with Crippen LogP contribution in [0.5, 0.6) is 11.5 Å². The number of amides is 1. The van der Waals surface area contributed by atoms with Crippen molar-refractivity contribution in [3.63, 3.8) is 0 Å². The number of anilines is 1. The molecular formula is C24H17ClN2O5. The highest BCUT2D eigenvalue weighted by Gasteiger charge is 2.12. The second kappa shape index (κ2) is 10.2. The number of benzene rings is 3. The zero-order valence-electron chi connectivity index (χ0n) is 16.6. The van der Waals surface area contributed by atoms with Gasteiger partial charge in [0.15, 0.2) is 0 Å². The van der Waals surface area contributed by atoms with Crippen LogP contribution < -0.4 is 10.1 Å². The Morgan fingerprint density at radius 3 is 2.38 bits per heavy atom. The number of phenols is 1. The van der Waals surface area contributed by atoms with E-state index in [1.807, 2.05) is 6.07 Å². The van der Waals surface area contributed by atoms with E-state index >= 15 is 0 Å². The first-order valence-corrected chi connectivity index (χ1v) is 9.70. The predicted molar refractivity (Wildman–Crippen MR) is 120 cm³/mol. The van der Waals surface area contributed by atoms with Crippen LogP contribution in [0.4, 0.5) is 5.69 Å². The van der Waals surface area contributed by atoms with Crippen LogP contribution in [0.2, 0.25) is 5.02 Å². The minimum atomic E-state index is -1.02. The number of hydrogen-bond donors (Lipinski definition) is 3. The van der Waals surface area contributed by atoms with Gasteiger partial charge in [-0.05, 0) is 66.2 Å². The molecule has 160 valence electrons. The molecule has 3 N–H and O–H groups in total. The van der Waals surface area contributed by atoms with Crippen molar-refractivity contribution in [1.29, 1.82) is 5.26 Å². The molecule has 0 atom stereocenters. The molecule has 0 saturated heterocycles. The van der Waals surface area contributed by atoms with Gasteiger partial charge in [0.05, 0.1) is 5.56 Å². The summed E-state index contributed by atoms with van der Waals surface area (Å²) in [4.78, 5) is 23.5. The Morgan fingerprint density at radius 1 is 1.06 bits per heavy atom. The molecule has 3 rings (SSSR count). The summed E-state index contributed by atoms with van der Waals surface area (Å²) >= 11 is 6.08. The number of hydrogen-bond acceptors (Lipinski definition) is 5. The topological polar surface area (TPSA) is 120 Å². The molecule has 7 nitrogen and oxygen atoms in total. The van der Waals surface area contributed by atoms with Gasteiger partial charge in [0.25, 0.3) is 5.91 Å². The van der Waals surface area contributed by atoms with Crippen molar-refractivity contribution < 1.29 is 24.5 Å². The lowest BCUT2D eigenvalue weighted by atomic mass is 10.1. The minimum Gasteiger partial charge on any atom is -0.508 e. The minimum absolute atomic E-state index is 0.0531. The van der Waals surface area contributed by atoms with E-state index in [-0.39, 0.29) is 23.5 Å². The molecule has 3 aromatic rings. The molecule has 1 amide bonds. The van der Waals surface area contributed by atoms with Gasteiger partial charge in [0.2, 0.25) is 0 Å². The fourth-order valence-electron chi connectivity index (χ4n) is 2.72. The molecular weight excluding hydrogens is 432 g/mol. The Bertz CT molecular complexity index is 1210. The van der Waals surface area contributed by atoms with Gasteiger partial charge in [-0.25, -0.2) is 4.79 Å². The quantitative estimate of drug-likeness (QED) is 0.269. The SMILES string of the molecule is N#CC(=Cc1cc(Cl)ccc1OCc1ccc(C(=O)O)cc1)C(=O)Nc1ccc(O)cc1. The maximum atomic E-state index is 12.5. The molecule has 0 unspecified atom stereocenters. The number of carbonyl (C=O) groups is 2. The van der Waals surface area contributed by atoms with Crippen molar-refractivity contribution in [2.24, 2.45) is 0 Å². The maximum absolute atomic E-state index is 12.5. The van der Waals surface area contributed by atoms with Gasteiger partial charge in [-0.3, -0.25) is 4.79 Å². The van der Waals surface area contributed by atoms with E-state index < -0.39 is 11.9 Å². The van der Waals surface area contributed by atoms with Crippen molar-refractivity contribution in [2.75, 3.05) is 5.32 Å². The molecule has 32 heavy (non-hydrogen) atoms. The number of halogens is 1. The highest BCUT2D eigenvalue weighted by atomic mass is 35.5. The number of nitriles is 1. The van der Waals surface area contributed by atoms with Gasteiger partial charge in [0.1, 0.15) is 29.7 Å². The maximum Gasteiger partial charge on any atom is 0.335 e. The summed E-state index contributed by atoms with van der Waals surface area (Å²) in [6, 6.07) is 18.7. The molecule has 0 aliphatic carbocycles. The zero-order chi connectivity index (χ0) is 23.1. The van der Waals surface area contributed by atoms with Crippen molar-refractivity contribution in [3.8, 4) is 17.6 Å². The third-order valence-electron chi connectivity index (χ3n) is 4.36. The molecule has 0 saturated carbocycles. The summed E-state index contributed by atoms with van der Waals surface area (Å²) in [5, 5.41) is 30.8. The number of nitrogens with one attached hydrogen (secondary N) is 1. The molecule has 3 aromatic carbocycles. The number of phenolic OH excluding ortho intramolecular Hbond substituents is 1. The van der Waals surface area contributed by atoms with Crippen LogP contribution in [0, 0.1) is 11.3 Å². The molecule has 0 bridgehead atoms. The lowest BCUT2D eigenvalue weighted by Crippen LogP contribution is -2.13. The Hall–Kier alpha value is -4.28. The lowest BCUT2D eigenvalue weighted by Gasteiger charge is -2.11. The van der Waals surface area contributed by atoms with Crippen molar-refractivity contribution >= 4 is 35.2 Å². The monoisotopic (exact) mass is 448 g/mol. The van der Waals surface area contributed by atoms with Crippen LogP contribution in [-0.4, -0.2) is 22.1 Å². The van der Waals surface area contributed by atoms with E-state index in [0.717, 1.165) is 5.56 Å². The Kier molecular flexibility index (Phi) is 7.11. The first-order chi connectivity index (χ1) is 15.4. The second-order valence-electron chi connectivity index (χ2n) is 6.64. The molecule has 0 heterocycles. The summed E-state index contributed by atoms with van der Waals surface area (Å²) in [5.41, 5.74) is 1.59. The largest absolute Gasteiger partial charge is 0.508 e. The number of carboxylic acid groups (broad SMARTS) is 1. The van der Waals surface area contributed by atoms with E-state index in [0.29, 0.717) is 22.0 Å². The first-order valence-electron chi connectivity index (χ1n) is 9.32. The van der Waals surface area contributed by atoms with Crippen LogP contribution in [0.25, 0.3) is 6.08 Å². The molecule has 0 aliphatic rings. The predicted octanol–water partition coefficient (Wildman–Crippen LogP) is 4.87. The number of aromatic hydroxyl groups is 1. The summed E-state index contributed by atoms with van der Waals surface area (Å²) in [7, 11) is 0. The molecule has 0 aliphatic heterocycles. The van der Waals surface area contributed by atoms with E-state index in [1.165, 1.54) is 42.5 Å². The van der Waals surface area contributed by atoms with Crippen LogP contribution in [0.3, 0.4) is 0 Å². The smallest absolute Gasteiger partial charge is 0.335 e. The van der Waals surface area contributed by atoms with Crippen molar-refractivity contribution in [2.45, 2.75) is 6.61 Å². The molecule has 0 spiro atoms. The fourth-order valence-corrected chi connectivity index (χ4v) is 2.90. The van der Waals surface area contributed by atoms with E-state index in [2.05, 4.69) is 5.32 Å². The number of carbonyl (C=O) groups excluding carboxylic acids is 1. The second-order valence-corrected chi connectivity index (χ2v) is 7.08.